The molecule has 0 aliphatic rings. The molecule has 1 aromatic carbocycles. The molecule has 0 aliphatic carbocycles. The molecule has 1 rings (SSSR count). The molecule has 4 nitrogen and oxygen atoms in total. The third kappa shape index (κ3) is 3.50. The van der Waals surface area contributed by atoms with Crippen LogP contribution >= 0.6 is 0 Å². The molecule has 0 radical (unpaired) electrons. The fourth-order valence-corrected chi connectivity index (χ4v) is 1.80. The Morgan fingerprint density at radius 3 is 2.31 bits per heavy atom. The summed E-state index contributed by atoms with van der Waals surface area (Å²) in [4.78, 5) is 0. The first kappa shape index (κ1) is 13.0. The van der Waals surface area contributed by atoms with Crippen molar-refractivity contribution in [3.05, 3.63) is 28.8 Å². The summed E-state index contributed by atoms with van der Waals surface area (Å²) in [5, 5.41) is 0. The maximum atomic E-state index is 11.0. The molecule has 0 amide bonds. The second-order valence-corrected chi connectivity index (χ2v) is 5.67. The van der Waals surface area contributed by atoms with Crippen LogP contribution in [0.2, 0.25) is 0 Å². The Balaban J connectivity index is 2.99. The van der Waals surface area contributed by atoms with Crippen molar-refractivity contribution in [2.75, 3.05) is 13.4 Å². The summed E-state index contributed by atoms with van der Waals surface area (Å²) >= 11 is 0. The van der Waals surface area contributed by atoms with Gasteiger partial charge in [-0.2, -0.15) is 0 Å². The molecule has 0 saturated heterocycles. The molecular formula is C11H17NO3S. The molecule has 0 aliphatic heterocycles. The molecule has 0 spiro atoms. The molecule has 0 aromatic heterocycles. The predicted octanol–water partition coefficient (Wildman–Crippen LogP) is 1.36. The van der Waals surface area contributed by atoms with E-state index in [1.165, 1.54) is 0 Å². The van der Waals surface area contributed by atoms with Crippen molar-refractivity contribution in [2.45, 2.75) is 20.4 Å². The molecule has 16 heavy (non-hydrogen) atoms. The lowest BCUT2D eigenvalue weighted by atomic mass is 10.1. The van der Waals surface area contributed by atoms with Gasteiger partial charge in [-0.25, -0.2) is 13.1 Å². The largest absolute Gasteiger partial charge is 0.496 e. The van der Waals surface area contributed by atoms with E-state index in [2.05, 4.69) is 4.72 Å². The molecule has 90 valence electrons. The third-order valence-corrected chi connectivity index (χ3v) is 3.09. The highest BCUT2D eigenvalue weighted by Crippen LogP contribution is 2.22. The van der Waals surface area contributed by atoms with Crippen molar-refractivity contribution in [1.29, 1.82) is 0 Å². The monoisotopic (exact) mass is 243 g/mol. The van der Waals surface area contributed by atoms with E-state index in [9.17, 15) is 8.42 Å². The summed E-state index contributed by atoms with van der Waals surface area (Å²) in [7, 11) is -1.60. The SMILES string of the molecule is COc1cc(C)c(C)cc1CNS(C)(=O)=O. The van der Waals surface area contributed by atoms with Gasteiger partial charge in [0.1, 0.15) is 5.75 Å². The summed E-state index contributed by atoms with van der Waals surface area (Å²) in [5.41, 5.74) is 3.09. The maximum absolute atomic E-state index is 11.0. The van der Waals surface area contributed by atoms with Gasteiger partial charge in [-0.15, -0.1) is 0 Å². The van der Waals surface area contributed by atoms with Crippen LogP contribution in [0.4, 0.5) is 0 Å². The van der Waals surface area contributed by atoms with Crippen LogP contribution in [0.3, 0.4) is 0 Å². The van der Waals surface area contributed by atoms with Crippen LogP contribution in [0.15, 0.2) is 12.1 Å². The lowest BCUT2D eigenvalue weighted by molar-refractivity contribution is 0.408. The van der Waals surface area contributed by atoms with Crippen molar-refractivity contribution in [2.24, 2.45) is 0 Å². The zero-order chi connectivity index (χ0) is 12.3. The van der Waals surface area contributed by atoms with E-state index in [0.29, 0.717) is 5.75 Å². The van der Waals surface area contributed by atoms with Gasteiger partial charge in [0.2, 0.25) is 10.0 Å². The van der Waals surface area contributed by atoms with Crippen molar-refractivity contribution in [3.8, 4) is 5.75 Å². The van der Waals surface area contributed by atoms with Gasteiger partial charge < -0.3 is 4.74 Å². The van der Waals surface area contributed by atoms with E-state index in [4.69, 9.17) is 4.74 Å². The molecule has 0 heterocycles. The average Bonchev–Trinajstić information content (AvgIpc) is 2.18. The van der Waals surface area contributed by atoms with Gasteiger partial charge in [0.25, 0.3) is 0 Å². The zero-order valence-corrected chi connectivity index (χ0v) is 10.8. The lowest BCUT2D eigenvalue weighted by Crippen LogP contribution is -2.21. The second kappa shape index (κ2) is 4.84. The van der Waals surface area contributed by atoms with E-state index in [0.717, 1.165) is 22.9 Å². The summed E-state index contributed by atoms with van der Waals surface area (Å²) in [5.74, 6) is 0.708. The first-order valence-electron chi connectivity index (χ1n) is 4.92. The quantitative estimate of drug-likeness (QED) is 0.868. The highest BCUT2D eigenvalue weighted by Gasteiger charge is 2.08. The summed E-state index contributed by atoms with van der Waals surface area (Å²) in [6.07, 6.45) is 1.14. The van der Waals surface area contributed by atoms with Gasteiger partial charge in [-0.05, 0) is 31.0 Å². The smallest absolute Gasteiger partial charge is 0.209 e. The van der Waals surface area contributed by atoms with Gasteiger partial charge in [-0.1, -0.05) is 6.07 Å². The van der Waals surface area contributed by atoms with Gasteiger partial charge in [0, 0.05) is 12.1 Å². The second-order valence-electron chi connectivity index (χ2n) is 3.84. The van der Waals surface area contributed by atoms with E-state index in [1.54, 1.807) is 7.11 Å². The van der Waals surface area contributed by atoms with Gasteiger partial charge in [-0.3, -0.25) is 0 Å². The number of rotatable bonds is 4. The van der Waals surface area contributed by atoms with Crippen LogP contribution in [-0.2, 0) is 16.6 Å². The zero-order valence-electron chi connectivity index (χ0n) is 9.99. The summed E-state index contributed by atoms with van der Waals surface area (Å²) < 4.78 is 29.7. The summed E-state index contributed by atoms with van der Waals surface area (Å²) in [6.45, 7) is 4.23. The molecule has 0 saturated carbocycles. The fraction of sp³-hybridized carbons (Fsp3) is 0.455. The minimum atomic E-state index is -3.18. The van der Waals surface area contributed by atoms with E-state index in [-0.39, 0.29) is 6.54 Å². The standard InChI is InChI=1S/C11H17NO3S/c1-8-5-10(7-12-16(4,13)14)11(15-3)6-9(8)2/h5-6,12H,7H2,1-4H3. The van der Waals surface area contributed by atoms with E-state index in [1.807, 2.05) is 26.0 Å². The number of ether oxygens (including phenoxy) is 1. The number of sulfonamides is 1. The number of nitrogens with one attached hydrogen (secondary N) is 1. The molecule has 5 heteroatoms. The highest BCUT2D eigenvalue weighted by molar-refractivity contribution is 7.88. The minimum Gasteiger partial charge on any atom is -0.496 e. The molecule has 0 atom stereocenters. The Morgan fingerprint density at radius 1 is 1.25 bits per heavy atom. The van der Waals surface area contributed by atoms with Crippen LogP contribution in [-0.4, -0.2) is 21.8 Å². The number of hydrogen-bond donors (Lipinski definition) is 1. The third-order valence-electron chi connectivity index (χ3n) is 2.42. The predicted molar refractivity (Wildman–Crippen MR) is 64.2 cm³/mol. The molecular weight excluding hydrogens is 226 g/mol. The van der Waals surface area contributed by atoms with Crippen molar-refractivity contribution in [1.82, 2.24) is 4.72 Å². The van der Waals surface area contributed by atoms with Crippen molar-refractivity contribution >= 4 is 10.0 Å². The van der Waals surface area contributed by atoms with Crippen molar-refractivity contribution in [3.63, 3.8) is 0 Å². The normalized spacial score (nSPS) is 11.5. The first-order chi connectivity index (χ1) is 7.33. The summed E-state index contributed by atoms with van der Waals surface area (Å²) in [6, 6.07) is 3.85. The number of methoxy groups -OCH3 is 1. The molecule has 1 N–H and O–H groups in total. The Morgan fingerprint density at radius 2 is 1.81 bits per heavy atom. The number of hydrogen-bond acceptors (Lipinski definition) is 3. The Hall–Kier alpha value is -1.07. The molecule has 0 fully saturated rings. The lowest BCUT2D eigenvalue weighted by Gasteiger charge is -2.11. The van der Waals surface area contributed by atoms with Crippen LogP contribution < -0.4 is 9.46 Å². The highest BCUT2D eigenvalue weighted by atomic mass is 32.2. The molecule has 1 aromatic rings. The van der Waals surface area contributed by atoms with Crippen LogP contribution in [0.25, 0.3) is 0 Å². The fourth-order valence-electron chi connectivity index (χ4n) is 1.39. The van der Waals surface area contributed by atoms with Crippen LogP contribution in [0.1, 0.15) is 16.7 Å². The maximum Gasteiger partial charge on any atom is 0.209 e. The number of benzene rings is 1. The average molecular weight is 243 g/mol. The van der Waals surface area contributed by atoms with E-state index < -0.39 is 10.0 Å². The minimum absolute atomic E-state index is 0.253. The molecule has 0 unspecified atom stereocenters. The Bertz CT molecular complexity index is 480. The van der Waals surface area contributed by atoms with Crippen LogP contribution in [0.5, 0.6) is 5.75 Å². The van der Waals surface area contributed by atoms with Gasteiger partial charge in [0.15, 0.2) is 0 Å². The van der Waals surface area contributed by atoms with Crippen LogP contribution in [0, 0.1) is 13.8 Å². The molecule has 0 bridgehead atoms. The Kier molecular flexibility index (Phi) is 3.93. The van der Waals surface area contributed by atoms with Gasteiger partial charge >= 0.3 is 0 Å². The first-order valence-corrected chi connectivity index (χ1v) is 6.81. The number of aryl methyl sites for hydroxylation is 2. The van der Waals surface area contributed by atoms with Crippen molar-refractivity contribution < 1.29 is 13.2 Å². The van der Waals surface area contributed by atoms with E-state index >= 15 is 0 Å². The topological polar surface area (TPSA) is 55.4 Å². The van der Waals surface area contributed by atoms with Gasteiger partial charge in [0.05, 0.1) is 13.4 Å². The Labute approximate surface area is 96.7 Å².